The Morgan fingerprint density at radius 3 is 2.68 bits per heavy atom. The summed E-state index contributed by atoms with van der Waals surface area (Å²) in [4.78, 5) is 22.5. The molecule has 0 aliphatic rings. The molecule has 1 aromatic carbocycles. The topological polar surface area (TPSA) is 65.7 Å². The molecule has 1 aromatic heterocycles. The average molecular weight is 348 g/mol. The number of carbonyl (C=O) groups is 1. The molecule has 1 heterocycles. The van der Waals surface area contributed by atoms with Gasteiger partial charge in [-0.05, 0) is 51.3 Å². The Kier molecular flexibility index (Phi) is 6.33. The number of esters is 1. The third kappa shape index (κ3) is 4.92. The Morgan fingerprint density at radius 1 is 1.24 bits per heavy atom. The zero-order chi connectivity index (χ0) is 18.4. The molecule has 6 heteroatoms. The van der Waals surface area contributed by atoms with Crippen LogP contribution in [0, 0.1) is 12.7 Å². The predicted molar refractivity (Wildman–Crippen MR) is 92.3 cm³/mol. The molecule has 2 rings (SSSR count). The van der Waals surface area contributed by atoms with Gasteiger partial charge in [-0.15, -0.1) is 0 Å². The van der Waals surface area contributed by atoms with Crippen molar-refractivity contribution in [2.75, 3.05) is 13.2 Å². The smallest absolute Gasteiger partial charge is 0.372 e. The van der Waals surface area contributed by atoms with Crippen LogP contribution in [0.5, 0.6) is 5.75 Å². The highest BCUT2D eigenvalue weighted by Gasteiger charge is 2.11. The average Bonchev–Trinajstić information content (AvgIpc) is 2.59. The molecule has 0 aliphatic heterocycles. The largest absolute Gasteiger partial charge is 0.494 e. The number of rotatable bonds is 8. The van der Waals surface area contributed by atoms with Crippen molar-refractivity contribution in [2.45, 2.75) is 33.1 Å². The number of carbonyl (C=O) groups excluding carboxylic acids is 1. The van der Waals surface area contributed by atoms with Crippen molar-refractivity contribution in [1.29, 1.82) is 0 Å². The molecule has 0 fully saturated rings. The summed E-state index contributed by atoms with van der Waals surface area (Å²) in [6.07, 6.45) is 2.38. The monoisotopic (exact) mass is 348 g/mol. The molecule has 5 nitrogen and oxygen atoms in total. The van der Waals surface area contributed by atoms with E-state index in [1.165, 1.54) is 6.92 Å². The standard InChI is InChI=1S/C19H21FO5/c1-12(2)18(21)24-10-6-4-5-9-23-14-7-8-16-15(11-14)13(3)17(20)19(22)25-16/h7-8,11H,1,4-6,9-10H2,2-3H3. The van der Waals surface area contributed by atoms with Crippen molar-refractivity contribution >= 4 is 16.9 Å². The molecule has 0 saturated carbocycles. The molecular formula is C19H21FO5. The van der Waals surface area contributed by atoms with Crippen LogP contribution in [0.25, 0.3) is 11.0 Å². The molecule has 0 atom stereocenters. The van der Waals surface area contributed by atoms with Crippen LogP contribution in [-0.2, 0) is 9.53 Å². The van der Waals surface area contributed by atoms with Crippen LogP contribution >= 0.6 is 0 Å². The van der Waals surface area contributed by atoms with Gasteiger partial charge in [0, 0.05) is 16.5 Å². The maximum absolute atomic E-state index is 13.6. The van der Waals surface area contributed by atoms with E-state index in [1.807, 2.05) is 0 Å². The lowest BCUT2D eigenvalue weighted by Gasteiger charge is -2.08. The summed E-state index contributed by atoms with van der Waals surface area (Å²) < 4.78 is 29.2. The second kappa shape index (κ2) is 8.46. The van der Waals surface area contributed by atoms with Gasteiger partial charge in [-0.1, -0.05) is 6.58 Å². The number of hydrogen-bond acceptors (Lipinski definition) is 5. The van der Waals surface area contributed by atoms with Crippen molar-refractivity contribution in [3.05, 3.63) is 52.2 Å². The van der Waals surface area contributed by atoms with E-state index < -0.39 is 11.4 Å². The van der Waals surface area contributed by atoms with Crippen LogP contribution in [0.3, 0.4) is 0 Å². The molecule has 134 valence electrons. The van der Waals surface area contributed by atoms with Gasteiger partial charge >= 0.3 is 11.6 Å². The second-order valence-corrected chi connectivity index (χ2v) is 5.81. The lowest BCUT2D eigenvalue weighted by Crippen LogP contribution is -2.07. The van der Waals surface area contributed by atoms with Gasteiger partial charge in [0.2, 0.25) is 5.82 Å². The number of hydrogen-bond donors (Lipinski definition) is 0. The fourth-order valence-electron chi connectivity index (χ4n) is 2.26. The first-order chi connectivity index (χ1) is 11.9. The highest BCUT2D eigenvalue weighted by Crippen LogP contribution is 2.24. The number of fused-ring (bicyclic) bond motifs is 1. The first-order valence-electron chi connectivity index (χ1n) is 8.08. The minimum atomic E-state index is -0.967. The van der Waals surface area contributed by atoms with Crippen molar-refractivity contribution < 1.29 is 23.1 Å². The van der Waals surface area contributed by atoms with Gasteiger partial charge in [-0.2, -0.15) is 4.39 Å². The van der Waals surface area contributed by atoms with E-state index in [-0.39, 0.29) is 11.5 Å². The molecule has 0 unspecified atom stereocenters. The van der Waals surface area contributed by atoms with Gasteiger partial charge in [-0.3, -0.25) is 0 Å². The Balaban J connectivity index is 1.81. The zero-order valence-electron chi connectivity index (χ0n) is 14.4. The maximum Gasteiger partial charge on any atom is 0.372 e. The fraction of sp³-hybridized carbons (Fsp3) is 0.368. The quantitative estimate of drug-likeness (QED) is 0.313. The highest BCUT2D eigenvalue weighted by atomic mass is 19.1. The van der Waals surface area contributed by atoms with E-state index in [1.54, 1.807) is 25.1 Å². The Bertz CT molecular complexity index is 838. The van der Waals surface area contributed by atoms with E-state index in [0.29, 0.717) is 35.5 Å². The molecule has 0 bridgehead atoms. The summed E-state index contributed by atoms with van der Waals surface area (Å²) in [7, 11) is 0. The van der Waals surface area contributed by atoms with Gasteiger partial charge in [-0.25, -0.2) is 9.59 Å². The molecule has 0 spiro atoms. The van der Waals surface area contributed by atoms with Crippen LogP contribution in [-0.4, -0.2) is 19.2 Å². The second-order valence-electron chi connectivity index (χ2n) is 5.81. The van der Waals surface area contributed by atoms with Crippen LogP contribution < -0.4 is 10.4 Å². The van der Waals surface area contributed by atoms with E-state index >= 15 is 0 Å². The summed E-state index contributed by atoms with van der Waals surface area (Å²) in [6.45, 7) is 7.50. The fourth-order valence-corrected chi connectivity index (χ4v) is 2.26. The molecule has 0 saturated heterocycles. The summed E-state index contributed by atoms with van der Waals surface area (Å²) in [6, 6.07) is 4.93. The zero-order valence-corrected chi connectivity index (χ0v) is 14.4. The van der Waals surface area contributed by atoms with Crippen molar-refractivity contribution in [3.63, 3.8) is 0 Å². The minimum absolute atomic E-state index is 0.246. The van der Waals surface area contributed by atoms with Crippen LogP contribution in [0.1, 0.15) is 31.7 Å². The highest BCUT2D eigenvalue weighted by molar-refractivity contribution is 5.86. The van der Waals surface area contributed by atoms with Crippen molar-refractivity contribution in [2.24, 2.45) is 0 Å². The molecule has 0 N–H and O–H groups in total. The van der Waals surface area contributed by atoms with E-state index in [4.69, 9.17) is 13.9 Å². The molecule has 0 aliphatic carbocycles. The maximum atomic E-state index is 13.6. The number of aryl methyl sites for hydroxylation is 1. The third-order valence-electron chi connectivity index (χ3n) is 3.71. The predicted octanol–water partition coefficient (Wildman–Crippen LogP) is 3.91. The number of benzene rings is 1. The van der Waals surface area contributed by atoms with Crippen molar-refractivity contribution in [1.82, 2.24) is 0 Å². The van der Waals surface area contributed by atoms with Crippen LogP contribution in [0.2, 0.25) is 0 Å². The van der Waals surface area contributed by atoms with Gasteiger partial charge in [0.25, 0.3) is 0 Å². The number of unbranched alkanes of at least 4 members (excludes halogenated alkanes) is 2. The number of halogens is 1. The molecule has 25 heavy (non-hydrogen) atoms. The lowest BCUT2D eigenvalue weighted by atomic mass is 10.1. The molecule has 0 amide bonds. The normalized spacial score (nSPS) is 10.7. The van der Waals surface area contributed by atoms with Gasteiger partial charge < -0.3 is 13.9 Å². The first-order valence-corrected chi connectivity index (χ1v) is 8.08. The van der Waals surface area contributed by atoms with Gasteiger partial charge in [0.1, 0.15) is 11.3 Å². The SMILES string of the molecule is C=C(C)C(=O)OCCCCCOc1ccc2oc(=O)c(F)c(C)c2c1. The first kappa shape index (κ1) is 18.7. The third-order valence-corrected chi connectivity index (χ3v) is 3.71. The summed E-state index contributed by atoms with van der Waals surface area (Å²) in [5.74, 6) is -0.673. The van der Waals surface area contributed by atoms with E-state index in [9.17, 15) is 14.0 Å². The molecule has 2 aromatic rings. The minimum Gasteiger partial charge on any atom is -0.494 e. The van der Waals surface area contributed by atoms with E-state index in [2.05, 4.69) is 6.58 Å². The molecule has 0 radical (unpaired) electrons. The van der Waals surface area contributed by atoms with Crippen LogP contribution in [0.4, 0.5) is 4.39 Å². The van der Waals surface area contributed by atoms with Gasteiger partial charge in [0.15, 0.2) is 0 Å². The Labute approximate surface area is 145 Å². The molecular weight excluding hydrogens is 327 g/mol. The summed E-state index contributed by atoms with van der Waals surface area (Å²) in [5.41, 5.74) is -0.000162. The van der Waals surface area contributed by atoms with Crippen molar-refractivity contribution in [3.8, 4) is 5.75 Å². The van der Waals surface area contributed by atoms with Crippen LogP contribution in [0.15, 0.2) is 39.6 Å². The summed E-state index contributed by atoms with van der Waals surface area (Å²) in [5, 5.41) is 0.515. The number of ether oxygens (including phenoxy) is 2. The van der Waals surface area contributed by atoms with E-state index in [0.717, 1.165) is 19.3 Å². The lowest BCUT2D eigenvalue weighted by molar-refractivity contribution is -0.139. The summed E-state index contributed by atoms with van der Waals surface area (Å²) >= 11 is 0. The Hall–Kier alpha value is -2.63. The Morgan fingerprint density at radius 2 is 1.96 bits per heavy atom. The van der Waals surface area contributed by atoms with Gasteiger partial charge in [0.05, 0.1) is 13.2 Å².